The van der Waals surface area contributed by atoms with Gasteiger partial charge < -0.3 is 16.0 Å². The number of carbonyl (C=O) groups is 2. The predicted molar refractivity (Wildman–Crippen MR) is 134 cm³/mol. The highest BCUT2D eigenvalue weighted by Gasteiger charge is 2.22. The van der Waals surface area contributed by atoms with E-state index < -0.39 is 0 Å². The molecule has 3 rings (SSSR count). The number of hydrogen-bond donors (Lipinski definition) is 3. The van der Waals surface area contributed by atoms with Crippen molar-refractivity contribution >= 4 is 79.5 Å². The van der Waals surface area contributed by atoms with Crippen LogP contribution in [0.25, 0.3) is 10.1 Å². The molecule has 0 spiro atoms. The SMILES string of the molecule is CC(C)(C)NC(=O)c1sc2c(NC(=S)NC(=O)Cc3ccc(Cl)cc3)cccc2c1Cl. The zero-order valence-electron chi connectivity index (χ0n) is 17.1. The van der Waals surface area contributed by atoms with Crippen molar-refractivity contribution in [2.75, 3.05) is 5.32 Å². The van der Waals surface area contributed by atoms with Gasteiger partial charge in [0.1, 0.15) is 4.88 Å². The Morgan fingerprint density at radius 1 is 1.06 bits per heavy atom. The van der Waals surface area contributed by atoms with Gasteiger partial charge >= 0.3 is 0 Å². The summed E-state index contributed by atoms with van der Waals surface area (Å²) in [4.78, 5) is 25.4. The monoisotopic (exact) mass is 493 g/mol. The van der Waals surface area contributed by atoms with Crippen molar-refractivity contribution < 1.29 is 9.59 Å². The van der Waals surface area contributed by atoms with Crippen LogP contribution >= 0.6 is 46.8 Å². The van der Waals surface area contributed by atoms with Crippen LogP contribution in [-0.4, -0.2) is 22.5 Å². The van der Waals surface area contributed by atoms with Crippen LogP contribution < -0.4 is 16.0 Å². The Hall–Kier alpha value is -2.19. The van der Waals surface area contributed by atoms with E-state index in [1.54, 1.807) is 24.3 Å². The van der Waals surface area contributed by atoms with E-state index in [4.69, 9.17) is 35.4 Å². The van der Waals surface area contributed by atoms with E-state index >= 15 is 0 Å². The van der Waals surface area contributed by atoms with Crippen molar-refractivity contribution in [2.45, 2.75) is 32.7 Å². The maximum Gasteiger partial charge on any atom is 0.263 e. The van der Waals surface area contributed by atoms with Crippen LogP contribution in [0.4, 0.5) is 5.69 Å². The van der Waals surface area contributed by atoms with Crippen LogP contribution in [0, 0.1) is 0 Å². The highest BCUT2D eigenvalue weighted by Crippen LogP contribution is 2.39. The lowest BCUT2D eigenvalue weighted by Gasteiger charge is -2.19. The number of benzene rings is 2. The Balaban J connectivity index is 1.74. The maximum atomic E-state index is 12.6. The number of rotatable bonds is 4. The fraction of sp³-hybridized carbons (Fsp3) is 0.227. The Labute approximate surface area is 200 Å². The second-order valence-corrected chi connectivity index (χ2v) is 10.2. The number of thiophene rings is 1. The summed E-state index contributed by atoms with van der Waals surface area (Å²) in [5, 5.41) is 10.5. The number of anilines is 1. The molecule has 0 aliphatic heterocycles. The molecule has 0 atom stereocenters. The molecule has 1 heterocycles. The topological polar surface area (TPSA) is 70.2 Å². The Morgan fingerprint density at radius 3 is 2.39 bits per heavy atom. The van der Waals surface area contributed by atoms with E-state index in [-0.39, 0.29) is 28.9 Å². The summed E-state index contributed by atoms with van der Waals surface area (Å²) in [7, 11) is 0. The van der Waals surface area contributed by atoms with Gasteiger partial charge in [0.25, 0.3) is 5.91 Å². The lowest BCUT2D eigenvalue weighted by Crippen LogP contribution is -2.40. The largest absolute Gasteiger partial charge is 0.347 e. The fourth-order valence-corrected chi connectivity index (χ4v) is 4.66. The van der Waals surface area contributed by atoms with Crippen LogP contribution in [0.5, 0.6) is 0 Å². The number of carbonyl (C=O) groups excluding carboxylic acids is 2. The van der Waals surface area contributed by atoms with Gasteiger partial charge in [-0.3, -0.25) is 9.59 Å². The van der Waals surface area contributed by atoms with Gasteiger partial charge in [-0.15, -0.1) is 11.3 Å². The molecule has 3 aromatic rings. The van der Waals surface area contributed by atoms with Gasteiger partial charge in [-0.05, 0) is 56.8 Å². The van der Waals surface area contributed by atoms with E-state index in [1.807, 2.05) is 39.0 Å². The highest BCUT2D eigenvalue weighted by molar-refractivity contribution is 7.80. The molecular formula is C22H21Cl2N3O2S2. The van der Waals surface area contributed by atoms with Crippen molar-refractivity contribution in [3.05, 3.63) is 63.0 Å². The molecule has 2 aromatic carbocycles. The number of hydrogen-bond acceptors (Lipinski definition) is 4. The number of thiocarbonyl (C=S) groups is 1. The van der Waals surface area contributed by atoms with Crippen LogP contribution in [0.3, 0.4) is 0 Å². The second kappa shape index (κ2) is 9.53. The molecule has 0 fully saturated rings. The van der Waals surface area contributed by atoms with Crippen molar-refractivity contribution in [3.8, 4) is 0 Å². The lowest BCUT2D eigenvalue weighted by molar-refractivity contribution is -0.119. The third kappa shape index (κ3) is 6.17. The summed E-state index contributed by atoms with van der Waals surface area (Å²) >= 11 is 18.9. The Bertz CT molecular complexity index is 1150. The molecule has 0 aliphatic carbocycles. The maximum absolute atomic E-state index is 12.6. The standard InChI is InChI=1S/C22H21Cl2N3O2S2/c1-22(2,3)27-20(29)19-17(24)14-5-4-6-15(18(14)31-19)25-21(30)26-16(28)11-12-7-9-13(23)10-8-12/h4-10H,11H2,1-3H3,(H,27,29)(H2,25,26,28,30). The van der Waals surface area contributed by atoms with E-state index in [9.17, 15) is 9.59 Å². The number of fused-ring (bicyclic) bond motifs is 1. The minimum Gasteiger partial charge on any atom is -0.347 e. The van der Waals surface area contributed by atoms with Crippen molar-refractivity contribution in [2.24, 2.45) is 0 Å². The molecule has 1 aromatic heterocycles. The quantitative estimate of drug-likeness (QED) is 0.402. The Kier molecular flexibility index (Phi) is 7.21. The van der Waals surface area contributed by atoms with Crippen LogP contribution in [0.1, 0.15) is 36.0 Å². The molecular weight excluding hydrogens is 473 g/mol. The van der Waals surface area contributed by atoms with Gasteiger partial charge in [-0.1, -0.05) is 47.5 Å². The van der Waals surface area contributed by atoms with Crippen LogP contribution in [0.15, 0.2) is 42.5 Å². The van der Waals surface area contributed by atoms with E-state index in [1.165, 1.54) is 11.3 Å². The summed E-state index contributed by atoms with van der Waals surface area (Å²) in [6.07, 6.45) is 0.172. The van der Waals surface area contributed by atoms with Crippen LogP contribution in [-0.2, 0) is 11.2 Å². The molecule has 0 unspecified atom stereocenters. The molecule has 0 saturated heterocycles. The smallest absolute Gasteiger partial charge is 0.263 e. The average molecular weight is 494 g/mol. The van der Waals surface area contributed by atoms with Crippen LogP contribution in [0.2, 0.25) is 10.0 Å². The van der Waals surface area contributed by atoms with Gasteiger partial charge in [0.2, 0.25) is 5.91 Å². The molecule has 5 nitrogen and oxygen atoms in total. The third-order valence-electron chi connectivity index (χ3n) is 4.13. The minimum absolute atomic E-state index is 0.164. The Morgan fingerprint density at radius 2 is 1.74 bits per heavy atom. The summed E-state index contributed by atoms with van der Waals surface area (Å²) in [6.45, 7) is 5.72. The molecule has 0 bridgehead atoms. The number of halogens is 2. The number of nitrogens with one attached hydrogen (secondary N) is 3. The van der Waals surface area contributed by atoms with E-state index in [0.717, 1.165) is 15.6 Å². The first-order valence-corrected chi connectivity index (χ1v) is 11.4. The van der Waals surface area contributed by atoms with E-state index in [2.05, 4.69) is 16.0 Å². The van der Waals surface area contributed by atoms with Gasteiger partial charge in [0, 0.05) is 15.9 Å². The highest BCUT2D eigenvalue weighted by atomic mass is 35.5. The molecule has 0 aliphatic rings. The zero-order chi connectivity index (χ0) is 22.8. The molecule has 31 heavy (non-hydrogen) atoms. The first kappa shape index (κ1) is 23.5. The lowest BCUT2D eigenvalue weighted by atomic mass is 10.1. The van der Waals surface area contributed by atoms with Crippen molar-refractivity contribution in [1.29, 1.82) is 0 Å². The summed E-state index contributed by atoms with van der Waals surface area (Å²) in [5.41, 5.74) is 1.11. The first-order chi connectivity index (χ1) is 14.5. The third-order valence-corrected chi connectivity index (χ3v) is 6.33. The number of amides is 2. The fourth-order valence-electron chi connectivity index (χ4n) is 2.84. The van der Waals surface area contributed by atoms with Gasteiger partial charge in [0.15, 0.2) is 5.11 Å². The molecule has 162 valence electrons. The van der Waals surface area contributed by atoms with Gasteiger partial charge in [0.05, 0.1) is 21.8 Å². The average Bonchev–Trinajstić information content (AvgIpc) is 3.00. The van der Waals surface area contributed by atoms with Crippen molar-refractivity contribution in [1.82, 2.24) is 10.6 Å². The summed E-state index contributed by atoms with van der Waals surface area (Å²) in [6, 6.07) is 12.5. The molecule has 0 radical (unpaired) electrons. The molecule has 9 heteroatoms. The van der Waals surface area contributed by atoms with Crippen molar-refractivity contribution in [3.63, 3.8) is 0 Å². The predicted octanol–water partition coefficient (Wildman–Crippen LogP) is 5.79. The first-order valence-electron chi connectivity index (χ1n) is 9.42. The molecule has 3 N–H and O–H groups in total. The molecule has 2 amide bonds. The second-order valence-electron chi connectivity index (χ2n) is 7.94. The van der Waals surface area contributed by atoms with Gasteiger partial charge in [-0.25, -0.2) is 0 Å². The van der Waals surface area contributed by atoms with Gasteiger partial charge in [-0.2, -0.15) is 0 Å². The normalized spacial score (nSPS) is 11.3. The minimum atomic E-state index is -0.381. The summed E-state index contributed by atoms with van der Waals surface area (Å²) in [5.74, 6) is -0.482. The zero-order valence-corrected chi connectivity index (χ0v) is 20.3. The summed E-state index contributed by atoms with van der Waals surface area (Å²) < 4.78 is 0.779. The molecule has 0 saturated carbocycles. The van der Waals surface area contributed by atoms with E-state index in [0.29, 0.717) is 20.6 Å².